The first-order valence-corrected chi connectivity index (χ1v) is 7.62. The maximum Gasteiger partial charge on any atom is 0.194 e. The molecule has 0 radical (unpaired) electrons. The Labute approximate surface area is 134 Å². The maximum absolute atomic E-state index is 4.35. The Morgan fingerprint density at radius 1 is 1.38 bits per heavy atom. The van der Waals surface area contributed by atoms with E-state index in [1.54, 1.807) is 0 Å². The van der Waals surface area contributed by atoms with Crippen molar-refractivity contribution >= 4 is 21.9 Å². The molecule has 0 saturated heterocycles. The van der Waals surface area contributed by atoms with E-state index in [9.17, 15) is 0 Å². The molecule has 1 N–H and O–H groups in total. The first kappa shape index (κ1) is 15.7. The molecule has 0 aliphatic rings. The molecule has 5 nitrogen and oxygen atoms in total. The molecule has 0 fully saturated rings. The molecule has 0 aromatic carbocycles. The highest BCUT2D eigenvalue weighted by Gasteiger charge is 2.09. The number of aryl methyl sites for hydroxylation is 2. The molecular weight excluding hydrogens is 330 g/mol. The number of hydrogen-bond acceptors (Lipinski definition) is 1. The van der Waals surface area contributed by atoms with Crippen LogP contribution < -0.4 is 5.32 Å². The number of nitrogens with zero attached hydrogens (tertiary/aromatic N) is 4. The zero-order valence-electron chi connectivity index (χ0n) is 13.0. The largest absolute Gasteiger partial charge is 0.357 e. The quantitative estimate of drug-likeness (QED) is 0.678. The summed E-state index contributed by atoms with van der Waals surface area (Å²) in [6.45, 7) is 1.57. The summed E-state index contributed by atoms with van der Waals surface area (Å²) >= 11 is 3.50. The summed E-state index contributed by atoms with van der Waals surface area (Å²) in [6, 6.07) is 4.23. The van der Waals surface area contributed by atoms with E-state index in [0.717, 1.165) is 23.5 Å². The lowest BCUT2D eigenvalue weighted by molar-refractivity contribution is 0.461. The summed E-state index contributed by atoms with van der Waals surface area (Å²) in [5.74, 6) is 0.885. The summed E-state index contributed by atoms with van der Waals surface area (Å²) < 4.78 is 5.26. The molecule has 0 bridgehead atoms. The Balaban J connectivity index is 1.95. The Bertz CT molecular complexity index is 626. The third kappa shape index (κ3) is 4.14. The van der Waals surface area contributed by atoms with E-state index in [4.69, 9.17) is 0 Å². The highest BCUT2D eigenvalue weighted by Crippen LogP contribution is 2.15. The monoisotopic (exact) mass is 351 g/mol. The molecule has 0 amide bonds. The van der Waals surface area contributed by atoms with Crippen LogP contribution in [0.25, 0.3) is 0 Å². The van der Waals surface area contributed by atoms with Crippen molar-refractivity contribution < 1.29 is 0 Å². The fourth-order valence-electron chi connectivity index (χ4n) is 2.27. The Morgan fingerprint density at radius 2 is 2.14 bits per heavy atom. The Morgan fingerprint density at radius 3 is 2.67 bits per heavy atom. The summed E-state index contributed by atoms with van der Waals surface area (Å²) in [4.78, 5) is 6.46. The van der Waals surface area contributed by atoms with Gasteiger partial charge >= 0.3 is 0 Å². The van der Waals surface area contributed by atoms with Crippen molar-refractivity contribution in [2.24, 2.45) is 19.1 Å². The van der Waals surface area contributed by atoms with E-state index < -0.39 is 0 Å². The lowest BCUT2D eigenvalue weighted by atomic mass is 10.3. The molecule has 0 saturated carbocycles. The van der Waals surface area contributed by atoms with Crippen LogP contribution in [0.3, 0.4) is 0 Å². The van der Waals surface area contributed by atoms with Crippen molar-refractivity contribution in [2.45, 2.75) is 13.1 Å². The molecule has 0 aliphatic carbocycles. The van der Waals surface area contributed by atoms with E-state index in [1.165, 1.54) is 11.3 Å². The van der Waals surface area contributed by atoms with Crippen LogP contribution in [0.15, 0.2) is 40.2 Å². The van der Waals surface area contributed by atoms with Crippen LogP contribution in [-0.2, 0) is 27.2 Å². The van der Waals surface area contributed by atoms with Gasteiger partial charge in [0.2, 0.25) is 0 Å². The van der Waals surface area contributed by atoms with Crippen molar-refractivity contribution in [3.05, 3.63) is 46.5 Å². The van der Waals surface area contributed by atoms with Crippen molar-refractivity contribution in [2.75, 3.05) is 14.1 Å². The van der Waals surface area contributed by atoms with Crippen molar-refractivity contribution in [3.8, 4) is 0 Å². The second-order valence-electron chi connectivity index (χ2n) is 5.20. The predicted molar refractivity (Wildman–Crippen MR) is 90.2 cm³/mol. The number of aliphatic imine (C=N–C) groups is 1. The second kappa shape index (κ2) is 6.85. The average molecular weight is 352 g/mol. The zero-order valence-corrected chi connectivity index (χ0v) is 14.6. The molecule has 0 atom stereocenters. The standard InChI is InChI=1S/C15H22BrN5/c1-17-15(18-8-12-5-6-19(2)9-12)21(4)11-14-7-13(16)10-20(14)3/h5-7,9-10H,8,11H2,1-4H3,(H,17,18). The minimum Gasteiger partial charge on any atom is -0.357 e. The van der Waals surface area contributed by atoms with Crippen LogP contribution in [0.5, 0.6) is 0 Å². The van der Waals surface area contributed by atoms with Crippen LogP contribution in [0.2, 0.25) is 0 Å². The molecule has 2 rings (SSSR count). The summed E-state index contributed by atoms with van der Waals surface area (Å²) in [7, 11) is 7.93. The van der Waals surface area contributed by atoms with Crippen LogP contribution in [-0.4, -0.2) is 34.1 Å². The number of nitrogens with one attached hydrogen (secondary N) is 1. The fraction of sp³-hybridized carbons (Fsp3) is 0.400. The van der Waals surface area contributed by atoms with Gasteiger partial charge in [0, 0.05) is 63.5 Å². The highest BCUT2D eigenvalue weighted by molar-refractivity contribution is 9.10. The lowest BCUT2D eigenvalue weighted by Gasteiger charge is -2.22. The van der Waals surface area contributed by atoms with Gasteiger partial charge in [-0.25, -0.2) is 0 Å². The van der Waals surface area contributed by atoms with Crippen LogP contribution in [0.1, 0.15) is 11.3 Å². The lowest BCUT2D eigenvalue weighted by Crippen LogP contribution is -2.38. The molecular formula is C15H22BrN5. The predicted octanol–water partition coefficient (Wildman–Crippen LogP) is 2.33. The fourth-order valence-corrected chi connectivity index (χ4v) is 2.84. The van der Waals surface area contributed by atoms with Gasteiger partial charge in [0.05, 0.1) is 6.54 Å². The molecule has 0 unspecified atom stereocenters. The van der Waals surface area contributed by atoms with E-state index in [0.29, 0.717) is 0 Å². The minimum atomic E-state index is 0.773. The first-order valence-electron chi connectivity index (χ1n) is 6.83. The van der Waals surface area contributed by atoms with Crippen LogP contribution in [0, 0.1) is 0 Å². The van der Waals surface area contributed by atoms with Gasteiger partial charge in [0.1, 0.15) is 0 Å². The number of aromatic nitrogens is 2. The zero-order chi connectivity index (χ0) is 15.4. The van der Waals surface area contributed by atoms with Crippen LogP contribution >= 0.6 is 15.9 Å². The Kier molecular flexibility index (Phi) is 5.12. The van der Waals surface area contributed by atoms with E-state index in [2.05, 4.69) is 60.2 Å². The molecule has 6 heteroatoms. The molecule has 0 spiro atoms. The van der Waals surface area contributed by atoms with Gasteiger partial charge < -0.3 is 19.4 Å². The molecule has 2 aromatic rings. The van der Waals surface area contributed by atoms with Crippen molar-refractivity contribution in [3.63, 3.8) is 0 Å². The number of halogens is 1. The van der Waals surface area contributed by atoms with Gasteiger partial charge in [-0.15, -0.1) is 0 Å². The SMILES string of the molecule is CN=C(NCc1ccn(C)c1)N(C)Cc1cc(Br)cn1C. The molecule has 21 heavy (non-hydrogen) atoms. The first-order chi connectivity index (χ1) is 9.99. The van der Waals surface area contributed by atoms with Gasteiger partial charge in [-0.3, -0.25) is 4.99 Å². The molecule has 2 aromatic heterocycles. The van der Waals surface area contributed by atoms with Gasteiger partial charge in [0.25, 0.3) is 0 Å². The van der Waals surface area contributed by atoms with Gasteiger partial charge in [0.15, 0.2) is 5.96 Å². The maximum atomic E-state index is 4.35. The minimum absolute atomic E-state index is 0.773. The van der Waals surface area contributed by atoms with E-state index in [1.807, 2.05) is 39.0 Å². The third-order valence-electron chi connectivity index (χ3n) is 3.39. The second-order valence-corrected chi connectivity index (χ2v) is 6.12. The number of hydrogen-bond donors (Lipinski definition) is 1. The normalized spacial score (nSPS) is 11.8. The summed E-state index contributed by atoms with van der Waals surface area (Å²) in [5.41, 5.74) is 2.47. The smallest absolute Gasteiger partial charge is 0.194 e. The van der Waals surface area contributed by atoms with Crippen LogP contribution in [0.4, 0.5) is 0 Å². The Hall–Kier alpha value is -1.69. The summed E-state index contributed by atoms with van der Waals surface area (Å²) in [6.07, 6.45) is 6.21. The summed E-state index contributed by atoms with van der Waals surface area (Å²) in [5, 5.41) is 3.39. The third-order valence-corrected chi connectivity index (χ3v) is 3.82. The molecule has 0 aliphatic heterocycles. The van der Waals surface area contributed by atoms with Crippen molar-refractivity contribution in [1.29, 1.82) is 0 Å². The van der Waals surface area contributed by atoms with Gasteiger partial charge in [-0.05, 0) is 33.6 Å². The molecule has 2 heterocycles. The van der Waals surface area contributed by atoms with E-state index >= 15 is 0 Å². The van der Waals surface area contributed by atoms with Gasteiger partial charge in [-0.1, -0.05) is 0 Å². The van der Waals surface area contributed by atoms with Gasteiger partial charge in [-0.2, -0.15) is 0 Å². The van der Waals surface area contributed by atoms with E-state index in [-0.39, 0.29) is 0 Å². The topological polar surface area (TPSA) is 37.5 Å². The highest BCUT2D eigenvalue weighted by atomic mass is 79.9. The molecule has 114 valence electrons. The average Bonchev–Trinajstić information content (AvgIpc) is 2.96. The number of rotatable bonds is 4. The number of guanidine groups is 1. The van der Waals surface area contributed by atoms with Crippen molar-refractivity contribution in [1.82, 2.24) is 19.4 Å².